The van der Waals surface area contributed by atoms with Gasteiger partial charge in [0, 0.05) is 31.5 Å². The fourth-order valence-electron chi connectivity index (χ4n) is 2.40. The molecule has 110 valence electrons. The summed E-state index contributed by atoms with van der Waals surface area (Å²) in [5.41, 5.74) is 0.946. The van der Waals surface area contributed by atoms with E-state index in [1.54, 1.807) is 11.8 Å². The standard InChI is InChI=1S/C17H20N2O2/c1-14(20)19-12-9-16(10-13-19)17(21)18-11-5-8-15-6-3-2-4-7-15/h2-4,6-7,16H,9-13H2,1H3,(H,18,21). The van der Waals surface area contributed by atoms with Crippen LogP contribution in [0.2, 0.25) is 0 Å². The van der Waals surface area contributed by atoms with E-state index in [2.05, 4.69) is 17.2 Å². The second-order valence-electron chi connectivity index (χ2n) is 5.17. The zero-order valence-corrected chi connectivity index (χ0v) is 12.3. The van der Waals surface area contributed by atoms with Gasteiger partial charge in [-0.1, -0.05) is 30.0 Å². The van der Waals surface area contributed by atoms with E-state index in [9.17, 15) is 9.59 Å². The van der Waals surface area contributed by atoms with Gasteiger partial charge in [0.25, 0.3) is 0 Å². The van der Waals surface area contributed by atoms with Crippen molar-refractivity contribution < 1.29 is 9.59 Å². The maximum atomic E-state index is 12.0. The van der Waals surface area contributed by atoms with Gasteiger partial charge in [-0.15, -0.1) is 0 Å². The molecule has 1 aliphatic rings. The van der Waals surface area contributed by atoms with E-state index in [1.807, 2.05) is 30.3 Å². The summed E-state index contributed by atoms with van der Waals surface area (Å²) < 4.78 is 0. The van der Waals surface area contributed by atoms with E-state index in [1.165, 1.54) is 0 Å². The molecule has 4 heteroatoms. The molecular weight excluding hydrogens is 264 g/mol. The molecule has 0 aromatic heterocycles. The Kier molecular flexibility index (Phi) is 5.39. The van der Waals surface area contributed by atoms with Crippen molar-refractivity contribution in [2.75, 3.05) is 19.6 Å². The summed E-state index contributed by atoms with van der Waals surface area (Å²) in [5, 5.41) is 2.85. The van der Waals surface area contributed by atoms with Gasteiger partial charge in [-0.2, -0.15) is 0 Å². The van der Waals surface area contributed by atoms with Crippen molar-refractivity contribution in [2.24, 2.45) is 5.92 Å². The molecule has 0 unspecified atom stereocenters. The summed E-state index contributed by atoms with van der Waals surface area (Å²) in [5.74, 6) is 6.09. The third kappa shape index (κ3) is 4.64. The zero-order chi connectivity index (χ0) is 15.1. The molecule has 1 saturated heterocycles. The monoisotopic (exact) mass is 284 g/mol. The fourth-order valence-corrected chi connectivity index (χ4v) is 2.40. The Labute approximate surface area is 125 Å². The van der Waals surface area contributed by atoms with Crippen LogP contribution in [0.25, 0.3) is 0 Å². The lowest BCUT2D eigenvalue weighted by Gasteiger charge is -2.30. The molecule has 4 nitrogen and oxygen atoms in total. The van der Waals surface area contributed by atoms with E-state index >= 15 is 0 Å². The van der Waals surface area contributed by atoms with Crippen LogP contribution < -0.4 is 5.32 Å². The average Bonchev–Trinajstić information content (AvgIpc) is 2.52. The minimum atomic E-state index is -0.000810. The maximum Gasteiger partial charge on any atom is 0.223 e. The number of carbonyl (C=O) groups is 2. The van der Waals surface area contributed by atoms with Crippen LogP contribution in [0.5, 0.6) is 0 Å². The van der Waals surface area contributed by atoms with Crippen molar-refractivity contribution in [3.05, 3.63) is 35.9 Å². The highest BCUT2D eigenvalue weighted by Gasteiger charge is 2.25. The molecule has 0 atom stereocenters. The predicted octanol–water partition coefficient (Wildman–Crippen LogP) is 1.41. The van der Waals surface area contributed by atoms with Gasteiger partial charge in [0.15, 0.2) is 0 Å². The van der Waals surface area contributed by atoms with Crippen molar-refractivity contribution in [2.45, 2.75) is 19.8 Å². The lowest BCUT2D eigenvalue weighted by Crippen LogP contribution is -2.42. The predicted molar refractivity (Wildman–Crippen MR) is 81.3 cm³/mol. The SMILES string of the molecule is CC(=O)N1CCC(C(=O)NCC#Cc2ccccc2)CC1. The molecule has 1 fully saturated rings. The Morgan fingerprint density at radius 2 is 1.90 bits per heavy atom. The summed E-state index contributed by atoms with van der Waals surface area (Å²) in [6.45, 7) is 3.27. The first-order chi connectivity index (χ1) is 10.2. The summed E-state index contributed by atoms with van der Waals surface area (Å²) >= 11 is 0. The van der Waals surface area contributed by atoms with Crippen LogP contribution in [0.4, 0.5) is 0 Å². The lowest BCUT2D eigenvalue weighted by atomic mass is 9.96. The van der Waals surface area contributed by atoms with E-state index < -0.39 is 0 Å². The van der Waals surface area contributed by atoms with Gasteiger partial charge in [-0.3, -0.25) is 9.59 Å². The number of piperidine rings is 1. The molecule has 1 heterocycles. The molecule has 1 aliphatic heterocycles. The first-order valence-electron chi connectivity index (χ1n) is 7.24. The number of nitrogens with zero attached hydrogens (tertiary/aromatic N) is 1. The Hall–Kier alpha value is -2.28. The number of likely N-dealkylation sites (tertiary alicyclic amines) is 1. The van der Waals surface area contributed by atoms with Crippen LogP contribution in [-0.2, 0) is 9.59 Å². The van der Waals surface area contributed by atoms with Crippen LogP contribution in [0.15, 0.2) is 30.3 Å². The highest BCUT2D eigenvalue weighted by atomic mass is 16.2. The molecule has 0 radical (unpaired) electrons. The van der Waals surface area contributed by atoms with Gasteiger partial charge in [0.1, 0.15) is 0 Å². The fraction of sp³-hybridized carbons (Fsp3) is 0.412. The van der Waals surface area contributed by atoms with Crippen molar-refractivity contribution in [3.63, 3.8) is 0 Å². The van der Waals surface area contributed by atoms with Crippen LogP contribution in [0.3, 0.4) is 0 Å². The van der Waals surface area contributed by atoms with E-state index in [4.69, 9.17) is 0 Å². The first kappa shape index (κ1) is 15.1. The topological polar surface area (TPSA) is 49.4 Å². The maximum absolute atomic E-state index is 12.0. The molecule has 0 bridgehead atoms. The minimum Gasteiger partial charge on any atom is -0.345 e. The molecule has 2 amide bonds. The molecule has 21 heavy (non-hydrogen) atoms. The number of carbonyl (C=O) groups excluding carboxylic acids is 2. The summed E-state index contributed by atoms with van der Waals surface area (Å²) in [6.07, 6.45) is 1.47. The van der Waals surface area contributed by atoms with E-state index in [0.717, 1.165) is 18.4 Å². The highest BCUT2D eigenvalue weighted by molar-refractivity contribution is 5.79. The number of rotatable bonds is 2. The van der Waals surface area contributed by atoms with Crippen molar-refractivity contribution in [1.29, 1.82) is 0 Å². The molecule has 1 N–H and O–H groups in total. The van der Waals surface area contributed by atoms with Crippen LogP contribution >= 0.6 is 0 Å². The summed E-state index contributed by atoms with van der Waals surface area (Å²) in [4.78, 5) is 25.0. The van der Waals surface area contributed by atoms with Gasteiger partial charge in [-0.05, 0) is 25.0 Å². The van der Waals surface area contributed by atoms with Crippen molar-refractivity contribution >= 4 is 11.8 Å². The van der Waals surface area contributed by atoms with Gasteiger partial charge in [-0.25, -0.2) is 0 Å². The normalized spacial score (nSPS) is 15.0. The van der Waals surface area contributed by atoms with Crippen LogP contribution in [-0.4, -0.2) is 36.3 Å². The smallest absolute Gasteiger partial charge is 0.223 e. The molecule has 1 aromatic carbocycles. The molecule has 0 aliphatic carbocycles. The number of hydrogen-bond acceptors (Lipinski definition) is 2. The van der Waals surface area contributed by atoms with Crippen LogP contribution in [0, 0.1) is 17.8 Å². The molecule has 2 rings (SSSR count). The van der Waals surface area contributed by atoms with Gasteiger partial charge in [0.05, 0.1) is 6.54 Å². The zero-order valence-electron chi connectivity index (χ0n) is 12.3. The summed E-state index contributed by atoms with van der Waals surface area (Å²) in [7, 11) is 0. The molecule has 0 saturated carbocycles. The Balaban J connectivity index is 1.74. The Morgan fingerprint density at radius 1 is 1.24 bits per heavy atom. The minimum absolute atomic E-state index is 0.000810. The Morgan fingerprint density at radius 3 is 2.52 bits per heavy atom. The number of benzene rings is 1. The number of nitrogens with one attached hydrogen (secondary N) is 1. The van der Waals surface area contributed by atoms with Crippen molar-refractivity contribution in [1.82, 2.24) is 10.2 Å². The van der Waals surface area contributed by atoms with Gasteiger partial charge >= 0.3 is 0 Å². The molecule has 1 aromatic rings. The molecular formula is C17H20N2O2. The van der Waals surface area contributed by atoms with Gasteiger partial charge in [0.2, 0.25) is 11.8 Å². The average molecular weight is 284 g/mol. The Bertz CT molecular complexity index is 549. The number of amides is 2. The third-order valence-electron chi connectivity index (χ3n) is 3.67. The second-order valence-corrected chi connectivity index (χ2v) is 5.17. The third-order valence-corrected chi connectivity index (χ3v) is 3.67. The highest BCUT2D eigenvalue weighted by Crippen LogP contribution is 2.17. The van der Waals surface area contributed by atoms with Crippen molar-refractivity contribution in [3.8, 4) is 11.8 Å². The van der Waals surface area contributed by atoms with E-state index in [0.29, 0.717) is 19.6 Å². The quantitative estimate of drug-likeness (QED) is 0.835. The van der Waals surface area contributed by atoms with E-state index in [-0.39, 0.29) is 17.7 Å². The first-order valence-corrected chi connectivity index (χ1v) is 7.24. The second kappa shape index (κ2) is 7.49. The lowest BCUT2D eigenvalue weighted by molar-refractivity contribution is -0.133. The molecule has 0 spiro atoms. The van der Waals surface area contributed by atoms with Crippen LogP contribution in [0.1, 0.15) is 25.3 Å². The largest absolute Gasteiger partial charge is 0.345 e. The summed E-state index contributed by atoms with van der Waals surface area (Å²) in [6, 6.07) is 9.69. The van der Waals surface area contributed by atoms with Gasteiger partial charge < -0.3 is 10.2 Å². The number of hydrogen-bond donors (Lipinski definition) is 1.